The van der Waals surface area contributed by atoms with Crippen molar-refractivity contribution in [2.75, 3.05) is 0 Å². The molecule has 3 rings (SSSR count). The molecule has 168 valence electrons. The van der Waals surface area contributed by atoms with E-state index >= 15 is 0 Å². The maximum absolute atomic E-state index is 12.9. The predicted octanol–water partition coefficient (Wildman–Crippen LogP) is 4.59. The first-order valence-corrected chi connectivity index (χ1v) is 11.6. The molecule has 30 heavy (non-hydrogen) atoms. The summed E-state index contributed by atoms with van der Waals surface area (Å²) in [6, 6.07) is 0. The Labute approximate surface area is 182 Å². The van der Waals surface area contributed by atoms with Crippen molar-refractivity contribution in [1.29, 1.82) is 1.43 Å². The number of hydrogen-bond acceptors (Lipinski definition) is 5. The standard InChI is InChI=1S/C25H38O5/c1-6-25(4,5)24(28)30-21-12-15(2)11-17-8-7-16(3)20(23(17)21)10-9-19-13-18(26)14-22(27)29-19/h7-8,11,15-16,18-21,23,26H,6,9-10,12-14H2,1-5H3/t15-,16-,18+,19?,20-,21-,23-/m0/s1/i26D. The highest BCUT2D eigenvalue weighted by atomic mass is 16.6. The third kappa shape index (κ3) is 5.16. The lowest BCUT2D eigenvalue weighted by Crippen LogP contribution is -2.43. The van der Waals surface area contributed by atoms with Crippen LogP contribution in [-0.2, 0) is 19.1 Å². The first-order chi connectivity index (χ1) is 14.6. The predicted molar refractivity (Wildman–Crippen MR) is 115 cm³/mol. The Morgan fingerprint density at radius 2 is 2.10 bits per heavy atom. The Kier molecular flexibility index (Phi) is 6.66. The van der Waals surface area contributed by atoms with Crippen molar-refractivity contribution in [2.24, 2.45) is 29.1 Å². The van der Waals surface area contributed by atoms with Crippen LogP contribution in [0.15, 0.2) is 23.8 Å². The Hall–Kier alpha value is -1.62. The lowest BCUT2D eigenvalue weighted by molar-refractivity contribution is -0.166. The molecule has 0 spiro atoms. The number of esters is 2. The van der Waals surface area contributed by atoms with Crippen LogP contribution in [0.25, 0.3) is 0 Å². The van der Waals surface area contributed by atoms with E-state index in [2.05, 4.69) is 37.2 Å². The molecule has 5 heteroatoms. The van der Waals surface area contributed by atoms with Crippen molar-refractivity contribution in [2.45, 2.75) is 91.5 Å². The van der Waals surface area contributed by atoms with Gasteiger partial charge in [0.15, 0.2) is 0 Å². The first kappa shape index (κ1) is 21.6. The Morgan fingerprint density at radius 1 is 1.33 bits per heavy atom. The fraction of sp³-hybridized carbons (Fsp3) is 0.760. The summed E-state index contributed by atoms with van der Waals surface area (Å²) in [7, 11) is 0. The van der Waals surface area contributed by atoms with E-state index in [1.807, 2.05) is 20.8 Å². The minimum Gasteiger partial charge on any atom is -0.462 e. The highest BCUT2D eigenvalue weighted by Crippen LogP contribution is 2.45. The molecule has 5 nitrogen and oxygen atoms in total. The molecule has 1 aliphatic heterocycles. The number of allylic oxidation sites excluding steroid dienone is 3. The van der Waals surface area contributed by atoms with Crippen LogP contribution in [0.1, 0.15) is 73.1 Å². The Morgan fingerprint density at radius 3 is 2.80 bits per heavy atom. The van der Waals surface area contributed by atoms with Crippen molar-refractivity contribution in [3.05, 3.63) is 23.8 Å². The number of hydrogen-bond donors (Lipinski definition) is 1. The molecular formula is C25H38O5. The monoisotopic (exact) mass is 419 g/mol. The smallest absolute Gasteiger partial charge is 0.311 e. The molecule has 0 aromatic carbocycles. The number of carbonyl (C=O) groups is 2. The topological polar surface area (TPSA) is 72.8 Å². The van der Waals surface area contributed by atoms with Gasteiger partial charge in [0.1, 0.15) is 12.2 Å². The molecule has 0 bridgehead atoms. The van der Waals surface area contributed by atoms with E-state index < -0.39 is 5.41 Å². The average Bonchev–Trinajstić information content (AvgIpc) is 2.72. The van der Waals surface area contributed by atoms with Gasteiger partial charge in [-0.1, -0.05) is 39.0 Å². The van der Waals surface area contributed by atoms with Gasteiger partial charge in [-0.3, -0.25) is 9.59 Å². The van der Waals surface area contributed by atoms with Gasteiger partial charge in [-0.05, 0) is 62.9 Å². The summed E-state index contributed by atoms with van der Waals surface area (Å²) < 4.78 is 18.9. The van der Waals surface area contributed by atoms with Crippen LogP contribution in [0.2, 0.25) is 0 Å². The number of aliphatic hydroxyl groups excluding tert-OH is 1. The lowest BCUT2D eigenvalue weighted by Gasteiger charge is -2.44. The molecule has 1 unspecified atom stereocenters. The van der Waals surface area contributed by atoms with E-state index in [0.717, 1.165) is 25.7 Å². The molecular weight excluding hydrogens is 380 g/mol. The third-order valence-electron chi connectivity index (χ3n) is 7.33. The van der Waals surface area contributed by atoms with Gasteiger partial charge in [0.05, 0.1) is 17.9 Å². The van der Waals surface area contributed by atoms with Gasteiger partial charge >= 0.3 is 11.9 Å². The quantitative estimate of drug-likeness (QED) is 0.611. The SMILES string of the molecule is [2H]O[C@H]1CC(=O)OC(CC[C@@H]2[C@@H]3C(=C[C@H](C)C[C@@H]3OC(=O)C(C)(C)CC)C=C[C@@H]2C)C1. The van der Waals surface area contributed by atoms with Crippen LogP contribution in [0, 0.1) is 29.1 Å². The van der Waals surface area contributed by atoms with E-state index in [0.29, 0.717) is 24.2 Å². The normalized spacial score (nSPS) is 37.0. The molecule has 1 fully saturated rings. The van der Waals surface area contributed by atoms with Crippen LogP contribution in [0.5, 0.6) is 0 Å². The second-order valence-electron chi connectivity index (χ2n) is 10.2. The van der Waals surface area contributed by atoms with Crippen molar-refractivity contribution < 1.29 is 24.2 Å². The molecule has 1 heterocycles. The summed E-state index contributed by atoms with van der Waals surface area (Å²) in [5.41, 5.74) is 0.777. The van der Waals surface area contributed by atoms with E-state index in [1.165, 1.54) is 5.57 Å². The molecule has 1 saturated heterocycles. The number of carbonyl (C=O) groups excluding carboxylic acids is 2. The summed E-state index contributed by atoms with van der Waals surface area (Å²) in [4.78, 5) is 24.7. The molecule has 0 amide bonds. The second kappa shape index (κ2) is 9.25. The molecule has 0 saturated carbocycles. The van der Waals surface area contributed by atoms with Crippen LogP contribution in [0.4, 0.5) is 0 Å². The minimum atomic E-state index is -0.488. The zero-order chi connectivity index (χ0) is 22.8. The van der Waals surface area contributed by atoms with Gasteiger partial charge in [-0.25, -0.2) is 0 Å². The van der Waals surface area contributed by atoms with Crippen LogP contribution < -0.4 is 0 Å². The first-order valence-electron chi connectivity index (χ1n) is 12.0. The van der Waals surface area contributed by atoms with Gasteiger partial charge in [0.25, 0.3) is 0 Å². The molecule has 7 atom stereocenters. The van der Waals surface area contributed by atoms with E-state index in [-0.39, 0.29) is 42.6 Å². The Balaban J connectivity index is 1.75. The lowest BCUT2D eigenvalue weighted by atomic mass is 9.65. The highest BCUT2D eigenvalue weighted by Gasteiger charge is 2.43. The molecule has 0 aromatic rings. The molecule has 1 N–H and O–H groups in total. The van der Waals surface area contributed by atoms with Gasteiger partial charge in [0, 0.05) is 12.3 Å². The summed E-state index contributed by atoms with van der Waals surface area (Å²) in [5.74, 6) is 0.773. The van der Waals surface area contributed by atoms with Crippen molar-refractivity contribution in [1.82, 2.24) is 0 Å². The maximum Gasteiger partial charge on any atom is 0.311 e. The van der Waals surface area contributed by atoms with E-state index in [4.69, 9.17) is 10.9 Å². The summed E-state index contributed by atoms with van der Waals surface area (Å²) in [5, 5.41) is 4.68. The second-order valence-corrected chi connectivity index (χ2v) is 10.2. The molecule has 0 aromatic heterocycles. The van der Waals surface area contributed by atoms with Crippen molar-refractivity contribution in [3.8, 4) is 0 Å². The van der Waals surface area contributed by atoms with Gasteiger partial charge < -0.3 is 14.6 Å². The number of fused-ring (bicyclic) bond motifs is 1. The largest absolute Gasteiger partial charge is 0.462 e. The summed E-state index contributed by atoms with van der Waals surface area (Å²) in [6.07, 6.45) is 9.95. The molecule has 0 radical (unpaired) electrons. The van der Waals surface area contributed by atoms with E-state index in [1.54, 1.807) is 0 Å². The zero-order valence-corrected chi connectivity index (χ0v) is 19.1. The van der Waals surface area contributed by atoms with Crippen molar-refractivity contribution >= 4 is 11.9 Å². The summed E-state index contributed by atoms with van der Waals surface area (Å²) in [6.45, 7) is 10.3. The number of rotatable bonds is 7. The average molecular weight is 420 g/mol. The number of cyclic esters (lactones) is 1. The minimum absolute atomic E-state index is 0.119. The van der Waals surface area contributed by atoms with Gasteiger partial charge in [0.2, 0.25) is 1.43 Å². The Bertz CT molecular complexity index is 727. The maximum atomic E-state index is 12.9. The van der Waals surface area contributed by atoms with Crippen LogP contribution in [-0.4, -0.2) is 36.8 Å². The van der Waals surface area contributed by atoms with Gasteiger partial charge in [-0.2, -0.15) is 0 Å². The van der Waals surface area contributed by atoms with Crippen molar-refractivity contribution in [3.63, 3.8) is 0 Å². The van der Waals surface area contributed by atoms with Crippen LogP contribution in [0.3, 0.4) is 0 Å². The molecule has 2 aliphatic carbocycles. The van der Waals surface area contributed by atoms with Gasteiger partial charge in [-0.15, -0.1) is 0 Å². The fourth-order valence-electron chi connectivity index (χ4n) is 5.06. The summed E-state index contributed by atoms with van der Waals surface area (Å²) >= 11 is 0. The fourth-order valence-corrected chi connectivity index (χ4v) is 5.06. The third-order valence-corrected chi connectivity index (χ3v) is 7.33. The highest BCUT2D eigenvalue weighted by molar-refractivity contribution is 5.76. The number of aliphatic hydroxyl groups is 1. The molecule has 3 aliphatic rings. The zero-order valence-electron chi connectivity index (χ0n) is 20.1. The number of ether oxygens (including phenoxy) is 2. The van der Waals surface area contributed by atoms with Crippen LogP contribution >= 0.6 is 0 Å². The van der Waals surface area contributed by atoms with E-state index in [9.17, 15) is 9.59 Å².